The molecule has 0 aromatic carbocycles. The fraction of sp³-hybridized carbons (Fsp3) is 0.889. The summed E-state index contributed by atoms with van der Waals surface area (Å²) in [4.78, 5) is 12.7. The predicted octanol–water partition coefficient (Wildman–Crippen LogP) is -0.533. The van der Waals surface area contributed by atoms with Crippen LogP contribution in [0.2, 0.25) is 0 Å². The van der Waals surface area contributed by atoms with Gasteiger partial charge in [0.1, 0.15) is 0 Å². The molecule has 68 valence electrons. The lowest BCUT2D eigenvalue weighted by atomic mass is 9.94. The molecule has 3 heteroatoms. The smallest absolute Gasteiger partial charge is 0.0589 e. The second kappa shape index (κ2) is 2.73. The molecule has 2 aliphatic rings. The Bertz CT molecular complexity index is 205. The standard InChI is InChI=1S/C9H15NO2/c1-10-5-6-3-2-4-7(6)8(10)9(11)12/h6-8H,2-5H2,1H3,(H,11,12)/p-1/t6-,7-,8-/m0/s1. The normalized spacial score (nSPS) is 41.6. The highest BCUT2D eigenvalue weighted by Crippen LogP contribution is 2.41. The summed E-state index contributed by atoms with van der Waals surface area (Å²) in [6.45, 7) is 0.948. The third-order valence-electron chi connectivity index (χ3n) is 3.36. The van der Waals surface area contributed by atoms with Crippen LogP contribution in [0.1, 0.15) is 19.3 Å². The molecule has 0 radical (unpaired) electrons. The number of likely N-dealkylation sites (N-methyl/N-ethyl adjacent to an activating group) is 1. The molecule has 0 bridgehead atoms. The Morgan fingerprint density at radius 3 is 2.92 bits per heavy atom. The van der Waals surface area contributed by atoms with Crippen molar-refractivity contribution in [2.24, 2.45) is 11.8 Å². The summed E-state index contributed by atoms with van der Waals surface area (Å²) >= 11 is 0. The van der Waals surface area contributed by atoms with Crippen molar-refractivity contribution in [3.05, 3.63) is 0 Å². The summed E-state index contributed by atoms with van der Waals surface area (Å²) < 4.78 is 0. The number of carboxylic acid groups (broad SMARTS) is 1. The lowest BCUT2D eigenvalue weighted by molar-refractivity contribution is -0.311. The zero-order valence-electron chi connectivity index (χ0n) is 7.32. The van der Waals surface area contributed by atoms with E-state index in [2.05, 4.69) is 0 Å². The van der Waals surface area contributed by atoms with Crippen LogP contribution in [0.3, 0.4) is 0 Å². The largest absolute Gasteiger partial charge is 0.548 e. The van der Waals surface area contributed by atoms with Crippen LogP contribution in [0.4, 0.5) is 0 Å². The monoisotopic (exact) mass is 168 g/mol. The van der Waals surface area contributed by atoms with Crippen molar-refractivity contribution in [3.63, 3.8) is 0 Å². The first-order valence-corrected chi connectivity index (χ1v) is 4.61. The highest BCUT2D eigenvalue weighted by atomic mass is 16.4. The highest BCUT2D eigenvalue weighted by Gasteiger charge is 2.42. The van der Waals surface area contributed by atoms with Gasteiger partial charge in [-0.3, -0.25) is 4.90 Å². The molecule has 1 saturated carbocycles. The molecule has 0 amide bonds. The summed E-state index contributed by atoms with van der Waals surface area (Å²) in [5, 5.41) is 10.8. The second-order valence-electron chi connectivity index (χ2n) is 4.06. The molecule has 0 unspecified atom stereocenters. The molecule has 0 spiro atoms. The van der Waals surface area contributed by atoms with Crippen LogP contribution in [0.15, 0.2) is 0 Å². The first-order chi connectivity index (χ1) is 5.70. The van der Waals surface area contributed by atoms with Crippen LogP contribution in [0.25, 0.3) is 0 Å². The van der Waals surface area contributed by atoms with E-state index in [1.54, 1.807) is 0 Å². The number of hydrogen-bond donors (Lipinski definition) is 0. The lowest BCUT2D eigenvalue weighted by Crippen LogP contribution is -2.45. The minimum atomic E-state index is -0.882. The molecule has 3 nitrogen and oxygen atoms in total. The number of carboxylic acids is 1. The van der Waals surface area contributed by atoms with E-state index in [0.29, 0.717) is 11.8 Å². The molecule has 12 heavy (non-hydrogen) atoms. The van der Waals surface area contributed by atoms with Gasteiger partial charge >= 0.3 is 0 Å². The van der Waals surface area contributed by atoms with Gasteiger partial charge in [0, 0.05) is 6.54 Å². The average Bonchev–Trinajstić information content (AvgIpc) is 2.44. The number of carbonyl (C=O) groups is 1. The Morgan fingerprint density at radius 1 is 1.50 bits per heavy atom. The summed E-state index contributed by atoms with van der Waals surface area (Å²) in [5.41, 5.74) is 0. The third kappa shape index (κ3) is 1.04. The maximum atomic E-state index is 10.8. The fourth-order valence-corrected chi connectivity index (χ4v) is 2.87. The topological polar surface area (TPSA) is 43.4 Å². The molecule has 1 heterocycles. The van der Waals surface area contributed by atoms with Crippen molar-refractivity contribution < 1.29 is 9.90 Å². The van der Waals surface area contributed by atoms with E-state index >= 15 is 0 Å². The molecule has 0 aromatic heterocycles. The van der Waals surface area contributed by atoms with Crippen LogP contribution >= 0.6 is 0 Å². The predicted molar refractivity (Wildman–Crippen MR) is 42.3 cm³/mol. The maximum absolute atomic E-state index is 10.8. The molecule has 0 N–H and O–H groups in total. The molecule has 1 aliphatic heterocycles. The van der Waals surface area contributed by atoms with Crippen molar-refractivity contribution >= 4 is 5.97 Å². The molecule has 2 rings (SSSR count). The Kier molecular flexibility index (Phi) is 1.83. The molecular weight excluding hydrogens is 154 g/mol. The summed E-state index contributed by atoms with van der Waals surface area (Å²) in [6.07, 6.45) is 3.49. The molecule has 0 aromatic rings. The number of fused-ring (bicyclic) bond motifs is 1. The van der Waals surface area contributed by atoms with Gasteiger partial charge in [-0.2, -0.15) is 0 Å². The van der Waals surface area contributed by atoms with Gasteiger partial charge in [0.25, 0.3) is 0 Å². The minimum Gasteiger partial charge on any atom is -0.548 e. The number of rotatable bonds is 1. The first-order valence-electron chi connectivity index (χ1n) is 4.61. The van der Waals surface area contributed by atoms with E-state index in [1.807, 2.05) is 11.9 Å². The third-order valence-corrected chi connectivity index (χ3v) is 3.36. The zero-order valence-corrected chi connectivity index (χ0v) is 7.32. The fourth-order valence-electron chi connectivity index (χ4n) is 2.87. The Labute approximate surface area is 72.4 Å². The van der Waals surface area contributed by atoms with E-state index in [9.17, 15) is 9.90 Å². The molecule has 2 fully saturated rings. The minimum absolute atomic E-state index is 0.308. The molecular formula is C9H14NO2-. The summed E-state index contributed by atoms with van der Waals surface area (Å²) in [5.74, 6) is 0.116. The van der Waals surface area contributed by atoms with Gasteiger partial charge in [-0.05, 0) is 31.7 Å². The average molecular weight is 168 g/mol. The van der Waals surface area contributed by atoms with Gasteiger partial charge in [-0.25, -0.2) is 0 Å². The number of nitrogens with zero attached hydrogens (tertiary/aromatic N) is 1. The summed E-state index contributed by atoms with van der Waals surface area (Å²) in [7, 11) is 1.89. The van der Waals surface area contributed by atoms with Gasteiger partial charge in [0.2, 0.25) is 0 Å². The second-order valence-corrected chi connectivity index (χ2v) is 4.06. The first kappa shape index (κ1) is 8.05. The maximum Gasteiger partial charge on any atom is 0.0589 e. The van der Waals surface area contributed by atoms with Gasteiger partial charge in [0.15, 0.2) is 0 Å². The van der Waals surface area contributed by atoms with E-state index in [4.69, 9.17) is 0 Å². The van der Waals surface area contributed by atoms with Gasteiger partial charge in [-0.1, -0.05) is 6.42 Å². The van der Waals surface area contributed by atoms with Crippen LogP contribution in [0.5, 0.6) is 0 Å². The zero-order chi connectivity index (χ0) is 8.72. The number of likely N-dealkylation sites (tertiary alicyclic amines) is 1. The van der Waals surface area contributed by atoms with Gasteiger partial charge < -0.3 is 9.90 Å². The molecule has 3 atom stereocenters. The van der Waals surface area contributed by atoms with Crippen molar-refractivity contribution in [1.82, 2.24) is 4.90 Å². The van der Waals surface area contributed by atoms with Crippen molar-refractivity contribution in [1.29, 1.82) is 0 Å². The Balaban J connectivity index is 2.15. The molecule has 1 aliphatic carbocycles. The van der Waals surface area contributed by atoms with Gasteiger partial charge in [0.05, 0.1) is 12.0 Å². The SMILES string of the molecule is CN1C[C@@H]2CCC[C@@H]2[C@H]1C(=O)[O-]. The van der Waals surface area contributed by atoms with Crippen LogP contribution in [-0.4, -0.2) is 30.5 Å². The van der Waals surface area contributed by atoms with Crippen molar-refractivity contribution in [3.8, 4) is 0 Å². The van der Waals surface area contributed by atoms with E-state index in [0.717, 1.165) is 13.0 Å². The van der Waals surface area contributed by atoms with Crippen LogP contribution in [-0.2, 0) is 4.79 Å². The number of carbonyl (C=O) groups excluding carboxylic acids is 1. The van der Waals surface area contributed by atoms with E-state index in [-0.39, 0.29) is 6.04 Å². The molecule has 1 saturated heterocycles. The number of hydrogen-bond acceptors (Lipinski definition) is 3. The van der Waals surface area contributed by atoms with E-state index < -0.39 is 5.97 Å². The highest BCUT2D eigenvalue weighted by molar-refractivity contribution is 5.72. The van der Waals surface area contributed by atoms with E-state index in [1.165, 1.54) is 12.8 Å². The van der Waals surface area contributed by atoms with Gasteiger partial charge in [-0.15, -0.1) is 0 Å². The Morgan fingerprint density at radius 2 is 2.25 bits per heavy atom. The van der Waals surface area contributed by atoms with Crippen LogP contribution in [0, 0.1) is 11.8 Å². The number of aliphatic carboxylic acids is 1. The van der Waals surface area contributed by atoms with Crippen LogP contribution < -0.4 is 5.11 Å². The summed E-state index contributed by atoms with van der Waals surface area (Å²) in [6, 6.07) is -0.308. The quantitative estimate of drug-likeness (QED) is 0.528. The Hall–Kier alpha value is -0.570. The van der Waals surface area contributed by atoms with Crippen molar-refractivity contribution in [2.45, 2.75) is 25.3 Å². The lowest BCUT2D eigenvalue weighted by Gasteiger charge is -2.24. The van der Waals surface area contributed by atoms with Crippen molar-refractivity contribution in [2.75, 3.05) is 13.6 Å².